The first-order valence-corrected chi connectivity index (χ1v) is 6.04. The van der Waals surface area contributed by atoms with Crippen LogP contribution < -0.4 is 10.9 Å². The topological polar surface area (TPSA) is 74.8 Å². The molecule has 0 bridgehead atoms. The molecule has 1 atom stereocenters. The molecule has 5 nitrogen and oxygen atoms in total. The zero-order valence-electron chi connectivity index (χ0n) is 10.6. The van der Waals surface area contributed by atoms with Crippen molar-refractivity contribution < 1.29 is 4.79 Å². The second-order valence-corrected chi connectivity index (χ2v) is 4.32. The van der Waals surface area contributed by atoms with Crippen molar-refractivity contribution in [1.82, 2.24) is 15.3 Å². The Hall–Kier alpha value is -2.43. The van der Waals surface area contributed by atoms with E-state index in [9.17, 15) is 9.59 Å². The predicted molar refractivity (Wildman–Crippen MR) is 72.0 cm³/mol. The first-order chi connectivity index (χ1) is 9.16. The largest absolute Gasteiger partial charge is 0.350 e. The van der Waals surface area contributed by atoms with E-state index in [4.69, 9.17) is 0 Å². The van der Waals surface area contributed by atoms with Gasteiger partial charge in [0.2, 0.25) is 0 Å². The zero-order chi connectivity index (χ0) is 13.7. The molecule has 0 aliphatic carbocycles. The number of aromatic nitrogens is 2. The van der Waals surface area contributed by atoms with Crippen LogP contribution in [0.15, 0.2) is 47.5 Å². The Morgan fingerprint density at radius 2 is 2.11 bits per heavy atom. The first kappa shape index (κ1) is 13.0. The molecule has 0 saturated carbocycles. The third-order valence-corrected chi connectivity index (χ3v) is 2.84. The number of carbonyl (C=O) groups is 1. The number of nitrogens with zero attached hydrogens (tertiary/aromatic N) is 1. The number of amides is 1. The van der Waals surface area contributed by atoms with Gasteiger partial charge in [0.1, 0.15) is 5.69 Å². The standard InChI is InChI=1S/C14H15N3O2/c1-10(11-5-3-2-4-6-11)7-17-14(19)12-8-16-13(18)9-15-12/h2-6,8-10H,7H2,1H3,(H,16,18)(H,17,19)/t10-/m0/s1. The summed E-state index contributed by atoms with van der Waals surface area (Å²) < 4.78 is 0. The van der Waals surface area contributed by atoms with Crippen LogP contribution in [-0.2, 0) is 0 Å². The van der Waals surface area contributed by atoms with E-state index in [0.717, 1.165) is 11.8 Å². The van der Waals surface area contributed by atoms with Crippen molar-refractivity contribution in [2.24, 2.45) is 0 Å². The number of hydrogen-bond donors (Lipinski definition) is 2. The molecule has 0 aliphatic heterocycles. The molecular formula is C14H15N3O2. The van der Waals surface area contributed by atoms with Gasteiger partial charge in [-0.3, -0.25) is 9.59 Å². The molecule has 98 valence electrons. The first-order valence-electron chi connectivity index (χ1n) is 6.04. The molecule has 2 rings (SSSR count). The summed E-state index contributed by atoms with van der Waals surface area (Å²) in [5.74, 6) is -0.0769. The summed E-state index contributed by atoms with van der Waals surface area (Å²) in [6.07, 6.45) is 2.40. The van der Waals surface area contributed by atoms with E-state index in [-0.39, 0.29) is 23.1 Å². The molecule has 0 radical (unpaired) electrons. The number of benzene rings is 1. The van der Waals surface area contributed by atoms with Crippen molar-refractivity contribution in [1.29, 1.82) is 0 Å². The van der Waals surface area contributed by atoms with Crippen LogP contribution in [0.3, 0.4) is 0 Å². The van der Waals surface area contributed by atoms with E-state index < -0.39 is 0 Å². The molecular weight excluding hydrogens is 242 g/mol. The Labute approximate surface area is 110 Å². The van der Waals surface area contributed by atoms with Crippen molar-refractivity contribution in [3.05, 3.63) is 64.3 Å². The van der Waals surface area contributed by atoms with Crippen LogP contribution >= 0.6 is 0 Å². The predicted octanol–water partition coefficient (Wildman–Crippen LogP) is 1.30. The quantitative estimate of drug-likeness (QED) is 0.867. The lowest BCUT2D eigenvalue weighted by Crippen LogP contribution is -2.29. The maximum absolute atomic E-state index is 11.8. The molecule has 1 amide bonds. The Morgan fingerprint density at radius 3 is 2.74 bits per heavy atom. The van der Waals surface area contributed by atoms with E-state index in [1.54, 1.807) is 0 Å². The average molecular weight is 257 g/mol. The van der Waals surface area contributed by atoms with Crippen molar-refractivity contribution >= 4 is 5.91 Å². The van der Waals surface area contributed by atoms with Gasteiger partial charge < -0.3 is 10.3 Å². The minimum atomic E-state index is -0.325. The number of aromatic amines is 1. The normalized spacial score (nSPS) is 11.8. The van der Waals surface area contributed by atoms with Crippen molar-refractivity contribution in [3.8, 4) is 0 Å². The van der Waals surface area contributed by atoms with Crippen LogP contribution in [-0.4, -0.2) is 22.4 Å². The number of nitrogens with one attached hydrogen (secondary N) is 2. The molecule has 1 aromatic heterocycles. The maximum atomic E-state index is 11.8. The van der Waals surface area contributed by atoms with Gasteiger partial charge in [-0.15, -0.1) is 0 Å². The molecule has 0 aliphatic rings. The van der Waals surface area contributed by atoms with Gasteiger partial charge in [0.15, 0.2) is 0 Å². The summed E-state index contributed by atoms with van der Waals surface area (Å²) in [7, 11) is 0. The minimum absolute atomic E-state index is 0.208. The highest BCUT2D eigenvalue weighted by Crippen LogP contribution is 2.12. The van der Waals surface area contributed by atoms with Gasteiger partial charge in [-0.2, -0.15) is 0 Å². The van der Waals surface area contributed by atoms with Crippen LogP contribution in [0.2, 0.25) is 0 Å². The summed E-state index contributed by atoms with van der Waals surface area (Å²) in [5.41, 5.74) is 1.05. The lowest BCUT2D eigenvalue weighted by atomic mass is 10.0. The fourth-order valence-corrected chi connectivity index (χ4v) is 1.70. The van der Waals surface area contributed by atoms with Crippen molar-refractivity contribution in [2.75, 3.05) is 6.54 Å². The monoisotopic (exact) mass is 257 g/mol. The fourth-order valence-electron chi connectivity index (χ4n) is 1.70. The summed E-state index contributed by atoms with van der Waals surface area (Å²) in [6.45, 7) is 2.56. The minimum Gasteiger partial charge on any atom is -0.350 e. The number of H-pyrrole nitrogens is 1. The van der Waals surface area contributed by atoms with Gasteiger partial charge in [0.05, 0.1) is 6.20 Å². The molecule has 0 saturated heterocycles. The molecule has 5 heteroatoms. The van der Waals surface area contributed by atoms with Crippen molar-refractivity contribution in [3.63, 3.8) is 0 Å². The van der Waals surface area contributed by atoms with Crippen LogP contribution in [0.1, 0.15) is 28.9 Å². The van der Waals surface area contributed by atoms with E-state index in [1.807, 2.05) is 37.3 Å². The van der Waals surface area contributed by atoms with Crippen LogP contribution in [0.25, 0.3) is 0 Å². The van der Waals surface area contributed by atoms with Gasteiger partial charge in [0.25, 0.3) is 11.5 Å². The van der Waals surface area contributed by atoms with Gasteiger partial charge >= 0.3 is 0 Å². The Balaban J connectivity index is 1.94. The Bertz CT molecular complexity index is 587. The molecule has 2 aromatic rings. The molecule has 1 aromatic carbocycles. The van der Waals surface area contributed by atoms with Crippen LogP contribution in [0, 0.1) is 0 Å². The second kappa shape index (κ2) is 5.95. The fraction of sp³-hybridized carbons (Fsp3) is 0.214. The summed E-state index contributed by atoms with van der Waals surface area (Å²) >= 11 is 0. The highest BCUT2D eigenvalue weighted by Gasteiger charge is 2.10. The van der Waals surface area contributed by atoms with E-state index in [1.165, 1.54) is 6.20 Å². The molecule has 19 heavy (non-hydrogen) atoms. The smallest absolute Gasteiger partial charge is 0.271 e. The summed E-state index contributed by atoms with van der Waals surface area (Å²) in [5, 5.41) is 2.79. The lowest BCUT2D eigenvalue weighted by Gasteiger charge is -2.12. The van der Waals surface area contributed by atoms with E-state index in [0.29, 0.717) is 6.54 Å². The summed E-state index contributed by atoms with van der Waals surface area (Å²) in [6, 6.07) is 9.94. The number of hydrogen-bond acceptors (Lipinski definition) is 3. The third-order valence-electron chi connectivity index (χ3n) is 2.84. The van der Waals surface area contributed by atoms with E-state index in [2.05, 4.69) is 15.3 Å². The van der Waals surface area contributed by atoms with Gasteiger partial charge in [0, 0.05) is 12.7 Å². The molecule has 2 N–H and O–H groups in total. The molecule has 0 fully saturated rings. The molecule has 0 spiro atoms. The Morgan fingerprint density at radius 1 is 1.37 bits per heavy atom. The van der Waals surface area contributed by atoms with Gasteiger partial charge in [-0.05, 0) is 11.5 Å². The second-order valence-electron chi connectivity index (χ2n) is 4.32. The number of rotatable bonds is 4. The van der Waals surface area contributed by atoms with Crippen molar-refractivity contribution in [2.45, 2.75) is 12.8 Å². The zero-order valence-corrected chi connectivity index (χ0v) is 10.6. The third kappa shape index (κ3) is 3.51. The van der Waals surface area contributed by atoms with Gasteiger partial charge in [-0.1, -0.05) is 37.3 Å². The average Bonchev–Trinajstić information content (AvgIpc) is 2.46. The highest BCUT2D eigenvalue weighted by atomic mass is 16.2. The number of carbonyl (C=O) groups excluding carboxylic acids is 1. The highest BCUT2D eigenvalue weighted by molar-refractivity contribution is 5.91. The SMILES string of the molecule is C[C@@H](CNC(=O)c1c[nH]c(=O)cn1)c1ccccc1. The maximum Gasteiger partial charge on any atom is 0.271 e. The Kier molecular flexibility index (Phi) is 4.07. The molecule has 1 heterocycles. The van der Waals surface area contributed by atoms with Crippen LogP contribution in [0.5, 0.6) is 0 Å². The molecule has 0 unspecified atom stereocenters. The van der Waals surface area contributed by atoms with E-state index >= 15 is 0 Å². The van der Waals surface area contributed by atoms with Gasteiger partial charge in [-0.25, -0.2) is 4.98 Å². The summed E-state index contributed by atoms with van der Waals surface area (Å²) in [4.78, 5) is 28.8. The lowest BCUT2D eigenvalue weighted by molar-refractivity contribution is 0.0946. The van der Waals surface area contributed by atoms with Crippen LogP contribution in [0.4, 0.5) is 0 Å².